The highest BCUT2D eigenvalue weighted by Gasteiger charge is 2.51. The Labute approximate surface area is 163 Å². The van der Waals surface area contributed by atoms with Crippen molar-refractivity contribution in [3.05, 3.63) is 65.2 Å². The molecule has 2 heterocycles. The van der Waals surface area contributed by atoms with Crippen LogP contribution in [0.2, 0.25) is 0 Å². The van der Waals surface area contributed by atoms with Gasteiger partial charge in [-0.15, -0.1) is 0 Å². The first kappa shape index (κ1) is 18.2. The molecular formula is C22H21NO5. The summed E-state index contributed by atoms with van der Waals surface area (Å²) in [5.41, 5.74) is 0.991. The quantitative estimate of drug-likeness (QED) is 0.749. The molecule has 6 nitrogen and oxygen atoms in total. The van der Waals surface area contributed by atoms with Crippen molar-refractivity contribution in [2.45, 2.75) is 32.0 Å². The maximum atomic E-state index is 12.7. The monoisotopic (exact) mass is 379 g/mol. The predicted molar refractivity (Wildman–Crippen MR) is 101 cm³/mol. The Morgan fingerprint density at radius 3 is 2.54 bits per heavy atom. The van der Waals surface area contributed by atoms with Crippen LogP contribution in [0, 0.1) is 6.92 Å². The minimum atomic E-state index is -1.19. The van der Waals surface area contributed by atoms with E-state index in [-0.39, 0.29) is 19.4 Å². The van der Waals surface area contributed by atoms with Crippen LogP contribution in [0.5, 0.6) is 5.75 Å². The van der Waals surface area contributed by atoms with Crippen LogP contribution in [0.25, 0.3) is 0 Å². The average Bonchev–Trinajstić information content (AvgIpc) is 2.71. The second-order valence-electron chi connectivity index (χ2n) is 7.28. The maximum absolute atomic E-state index is 12.7. The standard InChI is InChI=1S/C22H21NO5/c1-15-7-8-17-18(13-15)28-22(20(25)19(17)24)9-11-23(12-10-22)21(26)27-14-16-5-3-2-4-6-16/h2-8,13H,9-12,14H2,1H3. The van der Waals surface area contributed by atoms with Crippen molar-refractivity contribution >= 4 is 17.7 Å². The molecule has 4 rings (SSSR count). The molecule has 0 unspecified atom stereocenters. The average molecular weight is 379 g/mol. The molecule has 0 aromatic heterocycles. The van der Waals surface area contributed by atoms with Gasteiger partial charge < -0.3 is 14.4 Å². The maximum Gasteiger partial charge on any atom is 0.410 e. The van der Waals surface area contributed by atoms with Crippen molar-refractivity contribution in [3.63, 3.8) is 0 Å². The summed E-state index contributed by atoms with van der Waals surface area (Å²) in [4.78, 5) is 39.2. The van der Waals surface area contributed by atoms with Crippen molar-refractivity contribution < 1.29 is 23.9 Å². The lowest BCUT2D eigenvalue weighted by molar-refractivity contribution is -0.135. The number of rotatable bonds is 2. The highest BCUT2D eigenvalue weighted by molar-refractivity contribution is 6.47. The number of carbonyl (C=O) groups excluding carboxylic acids is 3. The van der Waals surface area contributed by atoms with Gasteiger partial charge in [-0.25, -0.2) is 4.79 Å². The minimum Gasteiger partial charge on any atom is -0.478 e. The van der Waals surface area contributed by atoms with Gasteiger partial charge >= 0.3 is 6.09 Å². The van der Waals surface area contributed by atoms with Crippen molar-refractivity contribution in [1.82, 2.24) is 4.90 Å². The first-order valence-corrected chi connectivity index (χ1v) is 9.33. The van der Waals surface area contributed by atoms with E-state index in [1.807, 2.05) is 37.3 Å². The number of hydrogen-bond acceptors (Lipinski definition) is 5. The third kappa shape index (κ3) is 3.26. The van der Waals surface area contributed by atoms with Crippen LogP contribution in [0.1, 0.15) is 34.3 Å². The summed E-state index contributed by atoms with van der Waals surface area (Å²) in [5.74, 6) is -0.591. The zero-order valence-electron chi connectivity index (χ0n) is 15.6. The number of fused-ring (bicyclic) bond motifs is 1. The molecule has 2 aliphatic rings. The zero-order valence-corrected chi connectivity index (χ0v) is 15.6. The van der Waals surface area contributed by atoms with Gasteiger partial charge in [0.15, 0.2) is 5.60 Å². The zero-order chi connectivity index (χ0) is 19.7. The number of piperidine rings is 1. The molecule has 6 heteroatoms. The van der Waals surface area contributed by atoms with Gasteiger partial charge in [0.25, 0.3) is 0 Å². The molecule has 2 aliphatic heterocycles. The summed E-state index contributed by atoms with van der Waals surface area (Å²) in [6.45, 7) is 2.70. The van der Waals surface area contributed by atoms with E-state index in [0.717, 1.165) is 11.1 Å². The van der Waals surface area contributed by atoms with E-state index >= 15 is 0 Å². The Morgan fingerprint density at radius 2 is 1.82 bits per heavy atom. The molecular weight excluding hydrogens is 358 g/mol. The van der Waals surface area contributed by atoms with E-state index in [4.69, 9.17) is 9.47 Å². The Balaban J connectivity index is 1.42. The number of aryl methyl sites for hydroxylation is 1. The Hall–Kier alpha value is -3.15. The summed E-state index contributed by atoms with van der Waals surface area (Å²) in [7, 11) is 0. The van der Waals surface area contributed by atoms with Crippen LogP contribution in [0.15, 0.2) is 48.5 Å². The fourth-order valence-electron chi connectivity index (χ4n) is 3.68. The minimum absolute atomic E-state index is 0.196. The number of amides is 1. The van der Waals surface area contributed by atoms with E-state index < -0.39 is 23.3 Å². The van der Waals surface area contributed by atoms with Crippen molar-refractivity contribution in [3.8, 4) is 5.75 Å². The molecule has 0 bridgehead atoms. The number of ether oxygens (including phenoxy) is 2. The SMILES string of the molecule is Cc1ccc2c(c1)OC1(CCN(C(=O)OCc3ccccc3)CC1)C(=O)C2=O. The van der Waals surface area contributed by atoms with Gasteiger partial charge in [-0.2, -0.15) is 0 Å². The third-order valence-electron chi connectivity index (χ3n) is 5.34. The molecule has 1 spiro atoms. The Kier molecular flexibility index (Phi) is 4.63. The largest absolute Gasteiger partial charge is 0.478 e. The number of Topliss-reactive ketones (excluding diaryl/α,β-unsaturated/α-hetero) is 2. The highest BCUT2D eigenvalue weighted by atomic mass is 16.6. The van der Waals surface area contributed by atoms with Crippen LogP contribution < -0.4 is 4.74 Å². The van der Waals surface area contributed by atoms with Crippen LogP contribution in [0.4, 0.5) is 4.79 Å². The van der Waals surface area contributed by atoms with Gasteiger partial charge in [0.1, 0.15) is 12.4 Å². The van der Waals surface area contributed by atoms with Gasteiger partial charge in [-0.05, 0) is 30.2 Å². The van der Waals surface area contributed by atoms with E-state index in [9.17, 15) is 14.4 Å². The van der Waals surface area contributed by atoms with E-state index in [1.165, 1.54) is 0 Å². The van der Waals surface area contributed by atoms with Crippen LogP contribution >= 0.6 is 0 Å². The fourth-order valence-corrected chi connectivity index (χ4v) is 3.68. The molecule has 144 valence electrons. The fraction of sp³-hybridized carbons (Fsp3) is 0.318. The van der Waals surface area contributed by atoms with E-state index in [2.05, 4.69) is 0 Å². The van der Waals surface area contributed by atoms with Crippen LogP contribution in [-0.4, -0.2) is 41.3 Å². The Morgan fingerprint density at radius 1 is 1.11 bits per heavy atom. The summed E-state index contributed by atoms with van der Waals surface area (Å²) < 4.78 is 11.4. The molecule has 28 heavy (non-hydrogen) atoms. The second-order valence-corrected chi connectivity index (χ2v) is 7.28. The normalized spacial score (nSPS) is 17.8. The smallest absolute Gasteiger partial charge is 0.410 e. The van der Waals surface area contributed by atoms with Crippen LogP contribution in [0.3, 0.4) is 0 Å². The topological polar surface area (TPSA) is 72.9 Å². The van der Waals surface area contributed by atoms with E-state index in [1.54, 1.807) is 23.1 Å². The molecule has 0 radical (unpaired) electrons. The lowest BCUT2D eigenvalue weighted by Crippen LogP contribution is -2.58. The highest BCUT2D eigenvalue weighted by Crippen LogP contribution is 2.37. The molecule has 1 amide bonds. The molecule has 0 N–H and O–H groups in total. The molecule has 1 fully saturated rings. The first-order chi connectivity index (χ1) is 13.5. The summed E-state index contributed by atoms with van der Waals surface area (Å²) in [6, 6.07) is 14.6. The second kappa shape index (κ2) is 7.11. The van der Waals surface area contributed by atoms with Gasteiger partial charge in [-0.1, -0.05) is 36.4 Å². The number of benzene rings is 2. The number of hydrogen-bond donors (Lipinski definition) is 0. The van der Waals surface area contributed by atoms with Gasteiger partial charge in [-0.3, -0.25) is 9.59 Å². The van der Waals surface area contributed by atoms with Crippen molar-refractivity contribution in [2.75, 3.05) is 13.1 Å². The number of carbonyl (C=O) groups is 3. The summed E-state index contributed by atoms with van der Waals surface area (Å²) in [5, 5.41) is 0. The molecule has 0 atom stereocenters. The third-order valence-corrected chi connectivity index (χ3v) is 5.34. The number of ketones is 2. The summed E-state index contributed by atoms with van der Waals surface area (Å²) in [6.07, 6.45) is 0.112. The molecule has 2 aromatic carbocycles. The first-order valence-electron chi connectivity index (χ1n) is 9.33. The van der Waals surface area contributed by atoms with Gasteiger partial charge in [0.2, 0.25) is 11.6 Å². The summed E-state index contributed by atoms with van der Waals surface area (Å²) >= 11 is 0. The van der Waals surface area contributed by atoms with Crippen molar-refractivity contribution in [1.29, 1.82) is 0 Å². The van der Waals surface area contributed by atoms with Gasteiger partial charge in [0.05, 0.1) is 5.56 Å². The number of nitrogens with zero attached hydrogens (tertiary/aromatic N) is 1. The lowest BCUT2D eigenvalue weighted by atomic mass is 9.81. The van der Waals surface area contributed by atoms with E-state index in [0.29, 0.717) is 24.4 Å². The molecule has 0 aliphatic carbocycles. The Bertz CT molecular complexity index is 929. The van der Waals surface area contributed by atoms with Crippen LogP contribution in [-0.2, 0) is 16.1 Å². The molecule has 0 saturated carbocycles. The molecule has 2 aromatic rings. The van der Waals surface area contributed by atoms with Gasteiger partial charge in [0, 0.05) is 25.9 Å². The predicted octanol–water partition coefficient (Wildman–Crippen LogP) is 3.31. The lowest BCUT2D eigenvalue weighted by Gasteiger charge is -2.42. The molecule has 1 saturated heterocycles. The number of likely N-dealkylation sites (tertiary alicyclic amines) is 1. The van der Waals surface area contributed by atoms with Crippen molar-refractivity contribution in [2.24, 2.45) is 0 Å².